The number of carbonyl (C=O) groups is 2. The van der Waals surface area contributed by atoms with Crippen LogP contribution in [0.2, 0.25) is 0 Å². The van der Waals surface area contributed by atoms with Crippen LogP contribution in [-0.4, -0.2) is 39.6 Å². The van der Waals surface area contributed by atoms with Gasteiger partial charge >= 0.3 is 11.9 Å². The lowest BCUT2D eigenvalue weighted by Gasteiger charge is -2.25. The smallest absolute Gasteiger partial charge is 0.335 e. The van der Waals surface area contributed by atoms with Crippen molar-refractivity contribution in [3.05, 3.63) is 35.4 Å². The Balaban J connectivity index is 2.75. The lowest BCUT2D eigenvalue weighted by Crippen LogP contribution is -2.32. The number of carboxylic acid groups (broad SMARTS) is 2. The topological polar surface area (TPSA) is 77.8 Å². The van der Waals surface area contributed by atoms with E-state index in [1.54, 1.807) is 18.2 Å². The van der Waals surface area contributed by atoms with E-state index in [1.807, 2.05) is 24.8 Å². The Labute approximate surface area is 112 Å². The standard InChI is InChI=1S/C14H19NO4/c1-10(2)15(7-6-13(16)17)9-11-4-3-5-12(8-11)14(18)19/h3-5,8,10H,6-7,9H2,1-2H3,(H,16,17)(H,18,19). The molecule has 1 rings (SSSR count). The van der Waals surface area contributed by atoms with E-state index in [-0.39, 0.29) is 18.0 Å². The maximum atomic E-state index is 10.9. The maximum Gasteiger partial charge on any atom is 0.335 e. The average molecular weight is 265 g/mol. The van der Waals surface area contributed by atoms with E-state index >= 15 is 0 Å². The van der Waals surface area contributed by atoms with Crippen LogP contribution in [0.25, 0.3) is 0 Å². The number of benzene rings is 1. The van der Waals surface area contributed by atoms with Gasteiger partial charge in [0.25, 0.3) is 0 Å². The molecule has 1 aromatic carbocycles. The number of hydrogen-bond donors (Lipinski definition) is 2. The third kappa shape index (κ3) is 5.09. The van der Waals surface area contributed by atoms with Crippen LogP contribution in [0.15, 0.2) is 24.3 Å². The lowest BCUT2D eigenvalue weighted by molar-refractivity contribution is -0.137. The van der Waals surface area contributed by atoms with Crippen molar-refractivity contribution >= 4 is 11.9 Å². The molecule has 0 aromatic heterocycles. The molecule has 0 aliphatic carbocycles. The van der Waals surface area contributed by atoms with Crippen molar-refractivity contribution in [3.63, 3.8) is 0 Å². The van der Waals surface area contributed by atoms with Crippen LogP contribution in [0.3, 0.4) is 0 Å². The molecule has 2 N–H and O–H groups in total. The second kappa shape index (κ2) is 6.89. The van der Waals surface area contributed by atoms with Gasteiger partial charge in [-0.25, -0.2) is 4.79 Å². The van der Waals surface area contributed by atoms with Gasteiger partial charge in [-0.2, -0.15) is 0 Å². The van der Waals surface area contributed by atoms with E-state index in [0.29, 0.717) is 13.1 Å². The fourth-order valence-corrected chi connectivity index (χ4v) is 1.80. The van der Waals surface area contributed by atoms with Gasteiger partial charge in [-0.15, -0.1) is 0 Å². The fraction of sp³-hybridized carbons (Fsp3) is 0.429. The van der Waals surface area contributed by atoms with Gasteiger partial charge in [-0.1, -0.05) is 12.1 Å². The maximum absolute atomic E-state index is 10.9. The first kappa shape index (κ1) is 15.2. The van der Waals surface area contributed by atoms with Crippen molar-refractivity contribution in [2.24, 2.45) is 0 Å². The highest BCUT2D eigenvalue weighted by molar-refractivity contribution is 5.87. The molecule has 0 radical (unpaired) electrons. The number of aliphatic carboxylic acids is 1. The van der Waals surface area contributed by atoms with E-state index in [1.165, 1.54) is 0 Å². The third-order valence-electron chi connectivity index (χ3n) is 2.90. The van der Waals surface area contributed by atoms with Crippen LogP contribution < -0.4 is 0 Å². The summed E-state index contributed by atoms with van der Waals surface area (Å²) in [5.74, 6) is -1.78. The lowest BCUT2D eigenvalue weighted by atomic mass is 10.1. The number of rotatable bonds is 7. The van der Waals surface area contributed by atoms with E-state index in [2.05, 4.69) is 0 Å². The van der Waals surface area contributed by atoms with Gasteiger partial charge in [-0.3, -0.25) is 9.69 Å². The highest BCUT2D eigenvalue weighted by atomic mass is 16.4. The summed E-state index contributed by atoms with van der Waals surface area (Å²) in [5.41, 5.74) is 1.12. The summed E-state index contributed by atoms with van der Waals surface area (Å²) >= 11 is 0. The zero-order valence-electron chi connectivity index (χ0n) is 11.2. The van der Waals surface area contributed by atoms with Crippen LogP contribution in [0.5, 0.6) is 0 Å². The Morgan fingerprint density at radius 1 is 1.26 bits per heavy atom. The van der Waals surface area contributed by atoms with Crippen molar-refractivity contribution in [1.82, 2.24) is 4.90 Å². The molecule has 0 fully saturated rings. The largest absolute Gasteiger partial charge is 0.481 e. The summed E-state index contributed by atoms with van der Waals surface area (Å²) in [7, 11) is 0. The molecule has 0 atom stereocenters. The van der Waals surface area contributed by atoms with E-state index in [4.69, 9.17) is 10.2 Å². The molecule has 104 valence electrons. The van der Waals surface area contributed by atoms with Crippen molar-refractivity contribution in [2.45, 2.75) is 32.9 Å². The third-order valence-corrected chi connectivity index (χ3v) is 2.90. The molecule has 0 heterocycles. The molecule has 5 nitrogen and oxygen atoms in total. The predicted octanol–water partition coefficient (Wildman–Crippen LogP) is 2.07. The van der Waals surface area contributed by atoms with Crippen molar-refractivity contribution < 1.29 is 19.8 Å². The van der Waals surface area contributed by atoms with Gasteiger partial charge in [0, 0.05) is 19.1 Å². The zero-order chi connectivity index (χ0) is 14.4. The Hall–Kier alpha value is -1.88. The molecule has 1 aromatic rings. The highest BCUT2D eigenvalue weighted by Gasteiger charge is 2.12. The van der Waals surface area contributed by atoms with Crippen LogP contribution in [-0.2, 0) is 11.3 Å². The zero-order valence-corrected chi connectivity index (χ0v) is 11.2. The van der Waals surface area contributed by atoms with E-state index in [0.717, 1.165) is 5.56 Å². The second-order valence-electron chi connectivity index (χ2n) is 4.71. The van der Waals surface area contributed by atoms with Crippen LogP contribution in [0.4, 0.5) is 0 Å². The summed E-state index contributed by atoms with van der Waals surface area (Å²) in [4.78, 5) is 23.5. The van der Waals surface area contributed by atoms with Gasteiger partial charge < -0.3 is 10.2 Å². The second-order valence-corrected chi connectivity index (χ2v) is 4.71. The van der Waals surface area contributed by atoms with Gasteiger partial charge in [0.15, 0.2) is 0 Å². The van der Waals surface area contributed by atoms with Crippen molar-refractivity contribution in [3.8, 4) is 0 Å². The van der Waals surface area contributed by atoms with Crippen LogP contribution >= 0.6 is 0 Å². The van der Waals surface area contributed by atoms with Gasteiger partial charge in [0.1, 0.15) is 0 Å². The molecule has 0 spiro atoms. The van der Waals surface area contributed by atoms with Gasteiger partial charge in [0.2, 0.25) is 0 Å². The van der Waals surface area contributed by atoms with E-state index in [9.17, 15) is 9.59 Å². The number of nitrogens with zero attached hydrogens (tertiary/aromatic N) is 1. The molecule has 0 saturated heterocycles. The average Bonchev–Trinajstić information content (AvgIpc) is 2.34. The quantitative estimate of drug-likeness (QED) is 0.789. The Morgan fingerprint density at radius 2 is 1.95 bits per heavy atom. The summed E-state index contributed by atoms with van der Waals surface area (Å²) in [6.45, 7) is 4.97. The summed E-state index contributed by atoms with van der Waals surface area (Å²) in [5, 5.41) is 17.7. The first-order chi connectivity index (χ1) is 8.90. The number of carboxylic acids is 2. The van der Waals surface area contributed by atoms with Crippen LogP contribution in [0.1, 0.15) is 36.2 Å². The van der Waals surface area contributed by atoms with Gasteiger partial charge in [0.05, 0.1) is 12.0 Å². The normalized spacial score (nSPS) is 10.9. The van der Waals surface area contributed by atoms with E-state index < -0.39 is 11.9 Å². The number of aromatic carboxylic acids is 1. The monoisotopic (exact) mass is 265 g/mol. The minimum Gasteiger partial charge on any atom is -0.481 e. The van der Waals surface area contributed by atoms with Gasteiger partial charge in [-0.05, 0) is 31.5 Å². The fourth-order valence-electron chi connectivity index (χ4n) is 1.80. The molecule has 0 saturated carbocycles. The highest BCUT2D eigenvalue weighted by Crippen LogP contribution is 2.11. The molecule has 0 bridgehead atoms. The minimum atomic E-state index is -0.955. The Bertz CT molecular complexity index is 457. The summed E-state index contributed by atoms with van der Waals surface area (Å²) < 4.78 is 0. The van der Waals surface area contributed by atoms with Crippen molar-refractivity contribution in [1.29, 1.82) is 0 Å². The van der Waals surface area contributed by atoms with Crippen LogP contribution in [0, 0.1) is 0 Å². The summed E-state index contributed by atoms with van der Waals surface area (Å²) in [6.07, 6.45) is 0.0802. The molecule has 0 aliphatic rings. The van der Waals surface area contributed by atoms with Crippen molar-refractivity contribution in [2.75, 3.05) is 6.54 Å². The molecule has 5 heteroatoms. The minimum absolute atomic E-state index is 0.0802. The summed E-state index contributed by atoms with van der Waals surface area (Å²) in [6, 6.07) is 6.92. The molecule has 19 heavy (non-hydrogen) atoms. The molecular weight excluding hydrogens is 246 g/mol. The molecule has 0 unspecified atom stereocenters. The Morgan fingerprint density at radius 3 is 2.47 bits per heavy atom. The first-order valence-electron chi connectivity index (χ1n) is 6.18. The molecule has 0 amide bonds. The predicted molar refractivity (Wildman–Crippen MR) is 71.2 cm³/mol. The molecular formula is C14H19NO4. The number of hydrogen-bond acceptors (Lipinski definition) is 3. The SMILES string of the molecule is CC(C)N(CCC(=O)O)Cc1cccc(C(=O)O)c1. The molecule has 0 aliphatic heterocycles. The Kier molecular flexibility index (Phi) is 5.51. The first-order valence-corrected chi connectivity index (χ1v) is 6.18.